The van der Waals surface area contributed by atoms with Crippen LogP contribution in [0.25, 0.3) is 0 Å². The molecule has 0 bridgehead atoms. The molecule has 0 radical (unpaired) electrons. The van der Waals surface area contributed by atoms with Crippen LogP contribution in [0.3, 0.4) is 0 Å². The molecule has 0 aliphatic heterocycles. The minimum absolute atomic E-state index is 0.110. The Morgan fingerprint density at radius 1 is 1.44 bits per heavy atom. The summed E-state index contributed by atoms with van der Waals surface area (Å²) in [6.45, 7) is 2.46. The molecule has 0 saturated carbocycles. The van der Waals surface area contributed by atoms with Gasteiger partial charge in [-0.25, -0.2) is 0 Å². The van der Waals surface area contributed by atoms with Crippen molar-refractivity contribution in [3.63, 3.8) is 0 Å². The Morgan fingerprint density at radius 3 is 2.62 bits per heavy atom. The molecule has 0 aliphatic rings. The van der Waals surface area contributed by atoms with E-state index in [1.165, 1.54) is 7.11 Å². The van der Waals surface area contributed by atoms with Crippen molar-refractivity contribution in [2.75, 3.05) is 26.8 Å². The third-order valence-electron chi connectivity index (χ3n) is 1.93. The molecule has 0 saturated heterocycles. The highest BCUT2D eigenvalue weighted by Gasteiger charge is 2.15. The van der Waals surface area contributed by atoms with E-state index in [1.54, 1.807) is 6.92 Å². The summed E-state index contributed by atoms with van der Waals surface area (Å²) in [5, 5.41) is 13.6. The Balaban J connectivity index is 3.75. The molecule has 6 nitrogen and oxygen atoms in total. The van der Waals surface area contributed by atoms with E-state index >= 15 is 0 Å². The van der Waals surface area contributed by atoms with Crippen LogP contribution in [0, 0.1) is 17.2 Å². The van der Waals surface area contributed by atoms with Crippen molar-refractivity contribution >= 4 is 11.8 Å². The largest absolute Gasteiger partial charge is 0.383 e. The quantitative estimate of drug-likeness (QED) is 0.569. The van der Waals surface area contributed by atoms with E-state index in [1.807, 2.05) is 6.07 Å². The third kappa shape index (κ3) is 5.98. The number of ether oxygens (including phenoxy) is 1. The van der Waals surface area contributed by atoms with E-state index < -0.39 is 11.8 Å². The van der Waals surface area contributed by atoms with Crippen LogP contribution in [0.5, 0.6) is 0 Å². The lowest BCUT2D eigenvalue weighted by Crippen LogP contribution is -2.40. The van der Waals surface area contributed by atoms with Gasteiger partial charge in [0.05, 0.1) is 19.2 Å². The molecule has 2 amide bonds. The van der Waals surface area contributed by atoms with Crippen molar-refractivity contribution in [2.45, 2.75) is 13.3 Å². The average Bonchev–Trinajstić information content (AvgIpc) is 2.28. The summed E-state index contributed by atoms with van der Waals surface area (Å²) in [6.07, 6.45) is 0.438. The first-order valence-electron chi connectivity index (χ1n) is 5.08. The molecule has 0 aromatic heterocycles. The first kappa shape index (κ1) is 14.4. The van der Waals surface area contributed by atoms with Crippen LogP contribution in [-0.4, -0.2) is 38.6 Å². The first-order valence-corrected chi connectivity index (χ1v) is 5.08. The highest BCUT2D eigenvalue weighted by Crippen LogP contribution is 1.98. The summed E-state index contributed by atoms with van der Waals surface area (Å²) in [5.41, 5.74) is 0. The normalized spacial score (nSPS) is 11.3. The van der Waals surface area contributed by atoms with Crippen molar-refractivity contribution in [1.29, 1.82) is 5.26 Å². The number of carbonyl (C=O) groups is 2. The molecule has 16 heavy (non-hydrogen) atoms. The first-order chi connectivity index (χ1) is 7.65. The van der Waals surface area contributed by atoms with E-state index in [0.29, 0.717) is 19.6 Å². The summed E-state index contributed by atoms with van der Waals surface area (Å²) >= 11 is 0. The topological polar surface area (TPSA) is 91.2 Å². The average molecular weight is 227 g/mol. The Kier molecular flexibility index (Phi) is 7.81. The number of nitrogens with zero attached hydrogens (tertiary/aromatic N) is 1. The third-order valence-corrected chi connectivity index (χ3v) is 1.93. The highest BCUT2D eigenvalue weighted by molar-refractivity contribution is 5.86. The molecule has 2 N–H and O–H groups in total. The van der Waals surface area contributed by atoms with Gasteiger partial charge in [-0.1, -0.05) is 6.92 Å². The number of rotatable bonds is 7. The fraction of sp³-hybridized carbons (Fsp3) is 0.700. The molecule has 1 atom stereocenters. The molecular formula is C10H17N3O3. The van der Waals surface area contributed by atoms with Crippen molar-refractivity contribution in [2.24, 2.45) is 5.92 Å². The van der Waals surface area contributed by atoms with E-state index in [9.17, 15) is 9.59 Å². The van der Waals surface area contributed by atoms with E-state index in [0.717, 1.165) is 0 Å². The summed E-state index contributed by atoms with van der Waals surface area (Å²) in [7, 11) is 1.53. The Morgan fingerprint density at radius 2 is 2.12 bits per heavy atom. The summed E-state index contributed by atoms with van der Waals surface area (Å²) in [6, 6.07) is 1.86. The van der Waals surface area contributed by atoms with Crippen molar-refractivity contribution < 1.29 is 14.3 Å². The lowest BCUT2D eigenvalue weighted by Gasteiger charge is -2.08. The monoisotopic (exact) mass is 227 g/mol. The van der Waals surface area contributed by atoms with Crippen LogP contribution in [0.4, 0.5) is 0 Å². The summed E-state index contributed by atoms with van der Waals surface area (Å²) in [5.74, 6) is -1.39. The predicted molar refractivity (Wildman–Crippen MR) is 57.3 cm³/mol. The van der Waals surface area contributed by atoms with Gasteiger partial charge in [0.25, 0.3) is 0 Å². The molecule has 0 heterocycles. The van der Waals surface area contributed by atoms with Crippen molar-refractivity contribution in [3.8, 4) is 6.07 Å². The fourth-order valence-electron chi connectivity index (χ4n) is 0.981. The van der Waals surface area contributed by atoms with Gasteiger partial charge >= 0.3 is 0 Å². The smallest absolute Gasteiger partial charge is 0.239 e. The Bertz CT molecular complexity index is 273. The number of methoxy groups -OCH3 is 1. The second-order valence-electron chi connectivity index (χ2n) is 3.15. The molecular weight excluding hydrogens is 210 g/mol. The fourth-order valence-corrected chi connectivity index (χ4v) is 0.981. The van der Waals surface area contributed by atoms with Gasteiger partial charge in [0.1, 0.15) is 5.92 Å². The molecule has 0 rings (SSSR count). The number of nitriles is 1. The number of amides is 2. The summed E-state index contributed by atoms with van der Waals surface area (Å²) < 4.78 is 4.75. The van der Waals surface area contributed by atoms with Gasteiger partial charge in [0.15, 0.2) is 0 Å². The van der Waals surface area contributed by atoms with Gasteiger partial charge in [-0.15, -0.1) is 0 Å². The molecule has 0 aromatic rings. The molecule has 6 heteroatoms. The Hall–Kier alpha value is -1.61. The van der Waals surface area contributed by atoms with E-state index in [4.69, 9.17) is 10.00 Å². The van der Waals surface area contributed by atoms with Gasteiger partial charge < -0.3 is 15.4 Å². The van der Waals surface area contributed by atoms with E-state index in [2.05, 4.69) is 10.6 Å². The van der Waals surface area contributed by atoms with Gasteiger partial charge in [-0.3, -0.25) is 9.59 Å². The highest BCUT2D eigenvalue weighted by atomic mass is 16.5. The maximum absolute atomic E-state index is 11.3. The summed E-state index contributed by atoms with van der Waals surface area (Å²) in [4.78, 5) is 22.5. The number of hydrogen-bond acceptors (Lipinski definition) is 4. The zero-order valence-electron chi connectivity index (χ0n) is 9.58. The second-order valence-corrected chi connectivity index (χ2v) is 3.15. The predicted octanol–water partition coefficient (Wildman–Crippen LogP) is -0.585. The van der Waals surface area contributed by atoms with Gasteiger partial charge in [-0.2, -0.15) is 5.26 Å². The van der Waals surface area contributed by atoms with Crippen LogP contribution in [-0.2, 0) is 14.3 Å². The zero-order valence-corrected chi connectivity index (χ0v) is 9.58. The maximum Gasteiger partial charge on any atom is 0.239 e. The van der Waals surface area contributed by atoms with Crippen LogP contribution >= 0.6 is 0 Å². The van der Waals surface area contributed by atoms with Gasteiger partial charge in [0, 0.05) is 13.7 Å². The standard InChI is InChI=1S/C10H17N3O3/c1-3-8(6-11)10(15)13-7-9(14)12-4-5-16-2/h8H,3-5,7H2,1-2H3,(H,12,14)(H,13,15). The molecule has 0 spiro atoms. The molecule has 0 aromatic carbocycles. The van der Waals surface area contributed by atoms with Crippen LogP contribution in [0.2, 0.25) is 0 Å². The lowest BCUT2D eigenvalue weighted by molar-refractivity contribution is -0.127. The molecule has 90 valence electrons. The molecule has 1 unspecified atom stereocenters. The minimum Gasteiger partial charge on any atom is -0.383 e. The number of carbonyl (C=O) groups excluding carboxylic acids is 2. The SMILES string of the molecule is CCC(C#N)C(=O)NCC(=O)NCCOC. The second kappa shape index (κ2) is 8.68. The van der Waals surface area contributed by atoms with Crippen LogP contribution in [0.1, 0.15) is 13.3 Å². The minimum atomic E-state index is -0.688. The number of nitrogens with one attached hydrogen (secondary N) is 2. The van der Waals surface area contributed by atoms with Crippen LogP contribution in [0.15, 0.2) is 0 Å². The van der Waals surface area contributed by atoms with Crippen molar-refractivity contribution in [3.05, 3.63) is 0 Å². The zero-order chi connectivity index (χ0) is 12.4. The van der Waals surface area contributed by atoms with E-state index in [-0.39, 0.29) is 12.5 Å². The molecule has 0 fully saturated rings. The number of hydrogen-bond donors (Lipinski definition) is 2. The van der Waals surface area contributed by atoms with Gasteiger partial charge in [-0.05, 0) is 6.42 Å². The lowest BCUT2D eigenvalue weighted by atomic mass is 10.1. The maximum atomic E-state index is 11.3. The molecule has 0 aliphatic carbocycles. The van der Waals surface area contributed by atoms with Crippen molar-refractivity contribution in [1.82, 2.24) is 10.6 Å². The van der Waals surface area contributed by atoms with Gasteiger partial charge in [0.2, 0.25) is 11.8 Å². The Labute approximate surface area is 95.0 Å². The van der Waals surface area contributed by atoms with Crippen LogP contribution < -0.4 is 10.6 Å².